The third-order valence-electron chi connectivity index (χ3n) is 8.72. The molecule has 2 heterocycles. The van der Waals surface area contributed by atoms with Crippen molar-refractivity contribution in [1.82, 2.24) is 9.13 Å². The third kappa shape index (κ3) is 6.62. The number of hydrogen-bond acceptors (Lipinski definition) is 6. The summed E-state index contributed by atoms with van der Waals surface area (Å²) in [5.74, 6) is -1.57. The lowest BCUT2D eigenvalue weighted by Crippen LogP contribution is -2.57. The number of barbiturate groups is 1. The van der Waals surface area contributed by atoms with E-state index >= 15 is 0 Å². The molecule has 1 aromatic heterocycles. The Balaban J connectivity index is 1.41. The fourth-order valence-electron chi connectivity index (χ4n) is 6.14. The Kier molecular flexibility index (Phi) is 9.90. The number of benzene rings is 5. The number of anilines is 2. The number of allylic oxidation sites excluding steroid dienone is 4. The van der Waals surface area contributed by atoms with E-state index in [0.717, 1.165) is 14.4 Å². The molecule has 4 amide bonds. The van der Waals surface area contributed by atoms with Gasteiger partial charge in [-0.25, -0.2) is 28.5 Å². The van der Waals surface area contributed by atoms with Crippen LogP contribution >= 0.6 is 0 Å². The maximum Gasteiger partial charge on any atom is 0.343 e. The van der Waals surface area contributed by atoms with Crippen LogP contribution in [0, 0.1) is 0 Å². The molecule has 0 spiro atoms. The van der Waals surface area contributed by atoms with Crippen LogP contribution in [0.25, 0.3) is 23.0 Å². The van der Waals surface area contributed by atoms with Crippen LogP contribution in [0.4, 0.5) is 16.2 Å². The number of imide groups is 2. The van der Waals surface area contributed by atoms with Crippen LogP contribution in [-0.2, 0) is 9.59 Å². The molecule has 0 unspecified atom stereocenters. The highest BCUT2D eigenvalue weighted by Gasteiger charge is 2.43. The zero-order chi connectivity index (χ0) is 37.6. The summed E-state index contributed by atoms with van der Waals surface area (Å²) < 4.78 is 8.16. The molecular formula is C44H32N4O6. The molecule has 264 valence electrons. The van der Waals surface area contributed by atoms with Gasteiger partial charge in [0.2, 0.25) is 5.88 Å². The van der Waals surface area contributed by atoms with Crippen molar-refractivity contribution in [3.8, 4) is 17.3 Å². The topological polar surface area (TPSA) is 111 Å². The molecule has 54 heavy (non-hydrogen) atoms. The smallest absolute Gasteiger partial charge is 0.343 e. The van der Waals surface area contributed by atoms with Crippen molar-refractivity contribution in [2.24, 2.45) is 0 Å². The highest BCUT2D eigenvalue weighted by atomic mass is 16.5. The van der Waals surface area contributed by atoms with Gasteiger partial charge >= 0.3 is 11.7 Å². The molecule has 1 saturated heterocycles. The Bertz CT molecular complexity index is 2500. The van der Waals surface area contributed by atoms with Crippen molar-refractivity contribution in [2.45, 2.75) is 0 Å². The molecule has 6 aromatic rings. The van der Waals surface area contributed by atoms with E-state index in [4.69, 9.17) is 4.74 Å². The number of carbonyl (C=O) groups excluding carboxylic acids is 3. The SMILES string of the molecule is COc1c(C=CC(=CC=C2C(=O)N(c3ccccc3)C(=O)N(c3ccccc3)C2=O)c2ccccc2)c(=O)n(-c2ccccc2)c(=O)n1-c1ccccc1. The summed E-state index contributed by atoms with van der Waals surface area (Å²) in [6.45, 7) is 0. The van der Waals surface area contributed by atoms with Gasteiger partial charge in [0, 0.05) is 0 Å². The van der Waals surface area contributed by atoms with Gasteiger partial charge in [0.15, 0.2) is 0 Å². The van der Waals surface area contributed by atoms with E-state index in [2.05, 4.69) is 0 Å². The molecule has 0 aliphatic carbocycles. The third-order valence-corrected chi connectivity index (χ3v) is 8.72. The fourth-order valence-corrected chi connectivity index (χ4v) is 6.14. The minimum absolute atomic E-state index is 0.0125. The Hall–Kier alpha value is -7.59. The highest BCUT2D eigenvalue weighted by Crippen LogP contribution is 2.30. The average molecular weight is 713 g/mol. The van der Waals surface area contributed by atoms with Gasteiger partial charge in [0.1, 0.15) is 11.1 Å². The maximum absolute atomic E-state index is 14.2. The van der Waals surface area contributed by atoms with Crippen LogP contribution in [0.15, 0.2) is 185 Å². The van der Waals surface area contributed by atoms with E-state index in [1.54, 1.807) is 127 Å². The average Bonchev–Trinajstić information content (AvgIpc) is 3.21. The van der Waals surface area contributed by atoms with Gasteiger partial charge in [-0.2, -0.15) is 0 Å². The molecular weight excluding hydrogens is 681 g/mol. The van der Waals surface area contributed by atoms with Crippen molar-refractivity contribution in [1.29, 1.82) is 0 Å². The summed E-state index contributed by atoms with van der Waals surface area (Å²) in [6, 6.07) is 42.5. The van der Waals surface area contributed by atoms with E-state index in [-0.39, 0.29) is 17.0 Å². The molecule has 1 aliphatic heterocycles. The van der Waals surface area contributed by atoms with Gasteiger partial charge in [0.25, 0.3) is 17.4 Å². The first-order valence-corrected chi connectivity index (χ1v) is 16.9. The molecule has 0 saturated carbocycles. The van der Waals surface area contributed by atoms with Crippen molar-refractivity contribution in [2.75, 3.05) is 16.9 Å². The van der Waals surface area contributed by atoms with Crippen LogP contribution < -0.4 is 25.8 Å². The second-order valence-corrected chi connectivity index (χ2v) is 12.0. The summed E-state index contributed by atoms with van der Waals surface area (Å²) in [5.41, 5.74) is 1.22. The van der Waals surface area contributed by atoms with Gasteiger partial charge in [-0.15, -0.1) is 0 Å². The molecule has 0 atom stereocenters. The minimum atomic E-state index is -0.804. The van der Waals surface area contributed by atoms with Crippen molar-refractivity contribution < 1.29 is 19.1 Å². The van der Waals surface area contributed by atoms with E-state index in [1.165, 1.54) is 23.8 Å². The predicted molar refractivity (Wildman–Crippen MR) is 209 cm³/mol. The monoisotopic (exact) mass is 712 g/mol. The van der Waals surface area contributed by atoms with E-state index in [0.29, 0.717) is 33.9 Å². The van der Waals surface area contributed by atoms with Crippen LogP contribution in [0.2, 0.25) is 0 Å². The molecule has 10 heteroatoms. The van der Waals surface area contributed by atoms with Crippen LogP contribution in [0.5, 0.6) is 5.88 Å². The summed E-state index contributed by atoms with van der Waals surface area (Å²) >= 11 is 0. The number of methoxy groups -OCH3 is 1. The van der Waals surface area contributed by atoms with E-state index < -0.39 is 29.1 Å². The zero-order valence-electron chi connectivity index (χ0n) is 29.0. The van der Waals surface area contributed by atoms with Gasteiger partial charge in [-0.1, -0.05) is 115 Å². The molecule has 5 aromatic carbocycles. The molecule has 1 aliphatic rings. The van der Waals surface area contributed by atoms with E-state index in [9.17, 15) is 24.0 Å². The second kappa shape index (κ2) is 15.3. The number of urea groups is 1. The lowest BCUT2D eigenvalue weighted by atomic mass is 10.0. The quantitative estimate of drug-likeness (QED) is 0.0890. The molecule has 0 N–H and O–H groups in total. The lowest BCUT2D eigenvalue weighted by Gasteiger charge is -2.33. The number of amides is 4. The number of para-hydroxylation sites is 4. The number of nitrogens with zero attached hydrogens (tertiary/aromatic N) is 4. The van der Waals surface area contributed by atoms with Crippen LogP contribution in [-0.4, -0.2) is 34.1 Å². The van der Waals surface area contributed by atoms with Crippen LogP contribution in [0.1, 0.15) is 11.1 Å². The zero-order valence-corrected chi connectivity index (χ0v) is 29.0. The Morgan fingerprint density at radius 2 is 0.963 bits per heavy atom. The number of aromatic nitrogens is 2. The molecule has 10 nitrogen and oxygen atoms in total. The van der Waals surface area contributed by atoms with Crippen molar-refractivity contribution in [3.63, 3.8) is 0 Å². The van der Waals surface area contributed by atoms with Gasteiger partial charge < -0.3 is 4.74 Å². The minimum Gasteiger partial charge on any atom is -0.481 e. The molecule has 1 fully saturated rings. The standard InChI is InChI=1S/C44H32N4O6/c1-54-42-38(41(51)47(35-23-13-5-14-24-35)44(53)48(42)36-25-15-6-16-26-36)30-28-32(31-17-7-2-8-18-31)27-29-37-39(49)45(33-19-9-3-10-20-33)43(52)46(40(37)50)34-21-11-4-12-22-34/h2-30H,1H3. The molecule has 0 bridgehead atoms. The summed E-state index contributed by atoms with van der Waals surface area (Å²) in [6.07, 6.45) is 6.14. The van der Waals surface area contributed by atoms with E-state index in [1.807, 2.05) is 36.4 Å². The summed E-state index contributed by atoms with van der Waals surface area (Å²) in [4.78, 5) is 72.0. The Labute approximate surface area is 310 Å². The molecule has 0 radical (unpaired) electrons. The second-order valence-electron chi connectivity index (χ2n) is 12.0. The van der Waals surface area contributed by atoms with Crippen LogP contribution in [0.3, 0.4) is 0 Å². The Morgan fingerprint density at radius 1 is 0.537 bits per heavy atom. The normalized spacial score (nSPS) is 13.5. The van der Waals surface area contributed by atoms with Crippen molar-refractivity contribution >= 4 is 40.9 Å². The maximum atomic E-state index is 14.2. The number of rotatable bonds is 9. The highest BCUT2D eigenvalue weighted by molar-refractivity contribution is 6.45. The first kappa shape index (κ1) is 34.8. The number of carbonyl (C=O) groups is 3. The number of hydrogen-bond donors (Lipinski definition) is 0. The van der Waals surface area contributed by atoms with Crippen molar-refractivity contribution in [3.05, 3.63) is 207 Å². The molecule has 7 rings (SSSR count). The first-order valence-electron chi connectivity index (χ1n) is 16.9. The largest absolute Gasteiger partial charge is 0.481 e. The van der Waals surface area contributed by atoms with Gasteiger partial charge in [0.05, 0.1) is 29.9 Å². The Morgan fingerprint density at radius 3 is 1.43 bits per heavy atom. The predicted octanol–water partition coefficient (Wildman–Crippen LogP) is 7.22. The van der Waals surface area contributed by atoms with Gasteiger partial charge in [-0.3, -0.25) is 14.4 Å². The van der Waals surface area contributed by atoms with Gasteiger partial charge in [-0.05, 0) is 71.8 Å². The fraction of sp³-hybridized carbons (Fsp3) is 0.0227. The first-order chi connectivity index (χ1) is 26.4. The summed E-state index contributed by atoms with van der Waals surface area (Å²) in [5, 5.41) is 0. The number of ether oxygens (including phenoxy) is 1. The summed E-state index contributed by atoms with van der Waals surface area (Å²) in [7, 11) is 1.38. The lowest BCUT2D eigenvalue weighted by molar-refractivity contribution is -0.121.